The third-order valence-electron chi connectivity index (χ3n) is 3.12. The van der Waals surface area contributed by atoms with Crippen LogP contribution in [0.25, 0.3) is 6.08 Å². The van der Waals surface area contributed by atoms with Gasteiger partial charge in [0.25, 0.3) is 0 Å². The van der Waals surface area contributed by atoms with Gasteiger partial charge in [0.05, 0.1) is 13.5 Å². The molecule has 2 aromatic rings. The van der Waals surface area contributed by atoms with Crippen molar-refractivity contribution in [2.24, 2.45) is 0 Å². The maximum atomic E-state index is 11.9. The summed E-state index contributed by atoms with van der Waals surface area (Å²) < 4.78 is 10.6. The van der Waals surface area contributed by atoms with Crippen molar-refractivity contribution in [3.05, 3.63) is 71.8 Å². The van der Waals surface area contributed by atoms with E-state index in [0.29, 0.717) is 5.75 Å². The molecule has 0 N–H and O–H groups in total. The molecule has 0 bridgehead atoms. The largest absolute Gasteiger partial charge is 0.496 e. The molecule has 0 aliphatic carbocycles. The molecule has 108 valence electrons. The van der Waals surface area contributed by atoms with Gasteiger partial charge < -0.3 is 9.47 Å². The molecule has 0 atom stereocenters. The van der Waals surface area contributed by atoms with Gasteiger partial charge in [-0.3, -0.25) is 4.79 Å². The Hall–Kier alpha value is -2.55. The van der Waals surface area contributed by atoms with Crippen molar-refractivity contribution in [1.29, 1.82) is 0 Å². The first kappa shape index (κ1) is 14.9. The van der Waals surface area contributed by atoms with E-state index in [2.05, 4.69) is 6.58 Å². The van der Waals surface area contributed by atoms with Gasteiger partial charge in [-0.25, -0.2) is 0 Å². The minimum absolute atomic E-state index is 0.188. The Balaban J connectivity index is 1.97. The molecule has 0 aromatic heterocycles. The van der Waals surface area contributed by atoms with Crippen molar-refractivity contribution >= 4 is 12.0 Å². The molecule has 0 heterocycles. The molecule has 3 nitrogen and oxygen atoms in total. The van der Waals surface area contributed by atoms with E-state index >= 15 is 0 Å². The van der Waals surface area contributed by atoms with Crippen molar-refractivity contribution in [3.8, 4) is 5.75 Å². The number of carbonyl (C=O) groups excluding carboxylic acids is 1. The molecule has 0 amide bonds. The first-order valence-corrected chi connectivity index (χ1v) is 6.72. The second-order valence-electron chi connectivity index (χ2n) is 4.60. The lowest BCUT2D eigenvalue weighted by Gasteiger charge is -2.10. The fourth-order valence-corrected chi connectivity index (χ4v) is 1.98. The monoisotopic (exact) mass is 282 g/mol. The Labute approximate surface area is 124 Å². The highest BCUT2D eigenvalue weighted by atomic mass is 16.5. The molecule has 0 saturated carbocycles. The number of hydrogen-bond donors (Lipinski definition) is 0. The van der Waals surface area contributed by atoms with Crippen LogP contribution in [0.3, 0.4) is 0 Å². The van der Waals surface area contributed by atoms with Crippen LogP contribution < -0.4 is 4.74 Å². The molecular weight excluding hydrogens is 264 g/mol. The summed E-state index contributed by atoms with van der Waals surface area (Å²) in [6.45, 7) is 4.00. The highest BCUT2D eigenvalue weighted by Gasteiger charge is 2.10. The van der Waals surface area contributed by atoms with Crippen LogP contribution in [0.5, 0.6) is 5.75 Å². The molecule has 0 fully saturated rings. The Morgan fingerprint density at radius 2 is 1.95 bits per heavy atom. The van der Waals surface area contributed by atoms with Crippen molar-refractivity contribution < 1.29 is 14.3 Å². The predicted molar refractivity (Wildman–Crippen MR) is 83.0 cm³/mol. The number of methoxy groups -OCH3 is 1. The highest BCUT2D eigenvalue weighted by Crippen LogP contribution is 2.21. The number of ether oxygens (including phenoxy) is 2. The average molecular weight is 282 g/mol. The van der Waals surface area contributed by atoms with Crippen LogP contribution >= 0.6 is 0 Å². The minimum atomic E-state index is -0.275. The molecule has 0 aliphatic heterocycles. The lowest BCUT2D eigenvalue weighted by molar-refractivity contribution is -0.144. The standard InChI is InChI=1S/C18H18O3/c1-3-14-9-10-16(17(11-14)20-2)12-18(19)21-13-15-7-5-4-6-8-15/h3-11H,1,12-13H2,2H3. The van der Waals surface area contributed by atoms with Gasteiger partial charge >= 0.3 is 5.97 Å². The molecule has 3 heteroatoms. The van der Waals surface area contributed by atoms with E-state index in [-0.39, 0.29) is 19.0 Å². The van der Waals surface area contributed by atoms with Crippen molar-refractivity contribution in [1.82, 2.24) is 0 Å². The summed E-state index contributed by atoms with van der Waals surface area (Å²) in [7, 11) is 1.58. The van der Waals surface area contributed by atoms with E-state index < -0.39 is 0 Å². The van der Waals surface area contributed by atoms with Crippen LogP contribution in [-0.2, 0) is 22.6 Å². The maximum absolute atomic E-state index is 11.9. The Kier molecular flexibility index (Phi) is 5.16. The number of rotatable bonds is 6. The zero-order valence-electron chi connectivity index (χ0n) is 12.0. The van der Waals surface area contributed by atoms with Gasteiger partial charge in [0.2, 0.25) is 0 Å². The third kappa shape index (κ3) is 4.21. The molecule has 0 saturated heterocycles. The zero-order valence-corrected chi connectivity index (χ0v) is 12.0. The topological polar surface area (TPSA) is 35.5 Å². The first-order chi connectivity index (χ1) is 10.2. The van der Waals surface area contributed by atoms with Crippen LogP contribution in [0.1, 0.15) is 16.7 Å². The first-order valence-electron chi connectivity index (χ1n) is 6.72. The van der Waals surface area contributed by atoms with Gasteiger partial charge in [0.1, 0.15) is 12.4 Å². The van der Waals surface area contributed by atoms with Crippen LogP contribution in [0.2, 0.25) is 0 Å². The molecule has 0 radical (unpaired) electrons. The van der Waals surface area contributed by atoms with E-state index in [1.54, 1.807) is 13.2 Å². The molecule has 2 rings (SSSR count). The summed E-state index contributed by atoms with van der Waals surface area (Å²) in [5.74, 6) is 0.396. The SMILES string of the molecule is C=Cc1ccc(CC(=O)OCc2ccccc2)c(OC)c1. The molecule has 21 heavy (non-hydrogen) atoms. The molecule has 0 aliphatic rings. The smallest absolute Gasteiger partial charge is 0.310 e. The molecule has 0 spiro atoms. The van der Waals surface area contributed by atoms with Crippen LogP contribution in [0.15, 0.2) is 55.1 Å². The lowest BCUT2D eigenvalue weighted by Crippen LogP contribution is -2.09. The quantitative estimate of drug-likeness (QED) is 0.759. The van der Waals surface area contributed by atoms with Gasteiger partial charge in [0, 0.05) is 5.56 Å². The van der Waals surface area contributed by atoms with Crippen LogP contribution in [-0.4, -0.2) is 13.1 Å². The normalized spacial score (nSPS) is 9.95. The Morgan fingerprint density at radius 1 is 1.19 bits per heavy atom. The van der Waals surface area contributed by atoms with Gasteiger partial charge in [-0.2, -0.15) is 0 Å². The summed E-state index contributed by atoms with van der Waals surface area (Å²) in [6, 6.07) is 15.2. The molecular formula is C18H18O3. The average Bonchev–Trinajstić information content (AvgIpc) is 2.54. The summed E-state index contributed by atoms with van der Waals surface area (Å²) in [4.78, 5) is 11.9. The van der Waals surface area contributed by atoms with Crippen LogP contribution in [0, 0.1) is 0 Å². The van der Waals surface area contributed by atoms with Gasteiger partial charge in [0.15, 0.2) is 0 Å². The van der Waals surface area contributed by atoms with E-state index in [1.165, 1.54) is 0 Å². The van der Waals surface area contributed by atoms with Gasteiger partial charge in [-0.05, 0) is 17.2 Å². The Bertz CT molecular complexity index is 618. The second kappa shape index (κ2) is 7.29. The fourth-order valence-electron chi connectivity index (χ4n) is 1.98. The molecule has 0 unspecified atom stereocenters. The third-order valence-corrected chi connectivity index (χ3v) is 3.12. The van der Waals surface area contributed by atoms with Crippen LogP contribution in [0.4, 0.5) is 0 Å². The number of esters is 1. The lowest BCUT2D eigenvalue weighted by atomic mass is 10.1. The van der Waals surface area contributed by atoms with Gasteiger partial charge in [-0.15, -0.1) is 0 Å². The highest BCUT2D eigenvalue weighted by molar-refractivity contribution is 5.74. The number of hydrogen-bond acceptors (Lipinski definition) is 3. The summed E-state index contributed by atoms with van der Waals surface area (Å²) in [6.07, 6.45) is 1.92. The van der Waals surface area contributed by atoms with Crippen molar-refractivity contribution in [2.45, 2.75) is 13.0 Å². The Morgan fingerprint density at radius 3 is 2.62 bits per heavy atom. The summed E-state index contributed by atoms with van der Waals surface area (Å²) in [5, 5.41) is 0. The van der Waals surface area contributed by atoms with E-state index in [4.69, 9.17) is 9.47 Å². The second-order valence-corrected chi connectivity index (χ2v) is 4.60. The van der Waals surface area contributed by atoms with E-state index in [0.717, 1.165) is 16.7 Å². The number of carbonyl (C=O) groups is 1. The summed E-state index contributed by atoms with van der Waals surface area (Å²) in [5.41, 5.74) is 2.73. The minimum Gasteiger partial charge on any atom is -0.496 e. The van der Waals surface area contributed by atoms with E-state index in [1.807, 2.05) is 48.5 Å². The fraction of sp³-hybridized carbons (Fsp3) is 0.167. The van der Waals surface area contributed by atoms with Crippen molar-refractivity contribution in [2.75, 3.05) is 7.11 Å². The predicted octanol–water partition coefficient (Wildman–Crippen LogP) is 3.62. The van der Waals surface area contributed by atoms with Crippen molar-refractivity contribution in [3.63, 3.8) is 0 Å². The number of benzene rings is 2. The molecule has 2 aromatic carbocycles. The summed E-state index contributed by atoms with van der Waals surface area (Å²) >= 11 is 0. The van der Waals surface area contributed by atoms with Gasteiger partial charge in [-0.1, -0.05) is 55.1 Å². The maximum Gasteiger partial charge on any atom is 0.310 e. The zero-order chi connectivity index (χ0) is 15.1. The van der Waals surface area contributed by atoms with E-state index in [9.17, 15) is 4.79 Å².